The van der Waals surface area contributed by atoms with E-state index in [9.17, 15) is 4.79 Å². The lowest BCUT2D eigenvalue weighted by Gasteiger charge is -2.36. The number of aromatic nitrogens is 1. The van der Waals surface area contributed by atoms with Crippen molar-refractivity contribution in [3.8, 4) is 5.75 Å². The molecule has 0 bridgehead atoms. The number of carbonyl (C=O) groups excluding carboxylic acids is 1. The van der Waals surface area contributed by atoms with Gasteiger partial charge >= 0.3 is 0 Å². The first-order valence-electron chi connectivity index (χ1n) is 12.8. The third-order valence-electron chi connectivity index (χ3n) is 7.04. The zero-order valence-corrected chi connectivity index (χ0v) is 20.9. The number of hydrogen-bond donors (Lipinski definition) is 2. The molecule has 1 amide bonds. The molecule has 1 aromatic heterocycles. The summed E-state index contributed by atoms with van der Waals surface area (Å²) < 4.78 is 5.27. The molecule has 0 saturated carbocycles. The van der Waals surface area contributed by atoms with Crippen LogP contribution in [0.25, 0.3) is 10.9 Å². The third kappa shape index (κ3) is 5.71. The number of carbonyl (C=O) groups is 1. The van der Waals surface area contributed by atoms with Crippen LogP contribution in [-0.4, -0.2) is 55.6 Å². The molecule has 186 valence electrons. The van der Waals surface area contributed by atoms with Gasteiger partial charge in [0.05, 0.1) is 7.11 Å². The lowest BCUT2D eigenvalue weighted by molar-refractivity contribution is 0.102. The molecule has 36 heavy (non-hydrogen) atoms. The minimum absolute atomic E-state index is 0.0841. The monoisotopic (exact) mass is 482 g/mol. The quantitative estimate of drug-likeness (QED) is 0.306. The summed E-state index contributed by atoms with van der Waals surface area (Å²) in [6.07, 6.45) is 5.47. The molecule has 0 spiro atoms. The van der Waals surface area contributed by atoms with Gasteiger partial charge in [-0.15, -0.1) is 0 Å². The van der Waals surface area contributed by atoms with Crippen LogP contribution in [0.3, 0.4) is 0 Å². The Kier molecular flexibility index (Phi) is 7.52. The molecule has 3 aromatic carbocycles. The zero-order valence-electron chi connectivity index (χ0n) is 20.9. The van der Waals surface area contributed by atoms with Gasteiger partial charge in [0.1, 0.15) is 5.75 Å². The van der Waals surface area contributed by atoms with E-state index < -0.39 is 0 Å². The number of nitrogens with one attached hydrogen (secondary N) is 2. The molecule has 0 atom stereocenters. The van der Waals surface area contributed by atoms with Crippen molar-refractivity contribution in [1.29, 1.82) is 0 Å². The van der Waals surface area contributed by atoms with Crippen molar-refractivity contribution in [3.05, 3.63) is 90.1 Å². The topological polar surface area (TPSA) is 60.6 Å². The second-order valence-corrected chi connectivity index (χ2v) is 9.38. The summed E-state index contributed by atoms with van der Waals surface area (Å²) in [5.74, 6) is 0.819. The van der Waals surface area contributed by atoms with E-state index in [1.165, 1.54) is 23.1 Å². The van der Waals surface area contributed by atoms with Crippen LogP contribution in [0.1, 0.15) is 28.8 Å². The molecular weight excluding hydrogens is 448 g/mol. The lowest BCUT2D eigenvalue weighted by atomic mass is 10.1. The summed E-state index contributed by atoms with van der Waals surface area (Å²) >= 11 is 0. The van der Waals surface area contributed by atoms with Crippen LogP contribution in [-0.2, 0) is 6.42 Å². The minimum Gasteiger partial charge on any atom is -0.497 e. The Bertz CT molecular complexity index is 1280. The van der Waals surface area contributed by atoms with E-state index in [1.54, 1.807) is 7.11 Å². The summed E-state index contributed by atoms with van der Waals surface area (Å²) in [5, 5.41) is 4.22. The molecule has 5 rings (SSSR count). The smallest absolute Gasteiger partial charge is 0.255 e. The number of unbranched alkanes of at least 4 members (excludes halogenated alkanes) is 1. The van der Waals surface area contributed by atoms with E-state index >= 15 is 0 Å². The van der Waals surface area contributed by atoms with Crippen LogP contribution < -0.4 is 15.0 Å². The van der Waals surface area contributed by atoms with E-state index in [4.69, 9.17) is 4.74 Å². The molecule has 2 N–H and O–H groups in total. The average Bonchev–Trinajstić information content (AvgIpc) is 3.34. The van der Waals surface area contributed by atoms with Crippen molar-refractivity contribution in [2.45, 2.75) is 19.3 Å². The van der Waals surface area contributed by atoms with Gasteiger partial charge in [-0.1, -0.05) is 18.2 Å². The predicted molar refractivity (Wildman–Crippen MR) is 147 cm³/mol. The van der Waals surface area contributed by atoms with Crippen LogP contribution in [0, 0.1) is 0 Å². The maximum absolute atomic E-state index is 12.5. The molecular formula is C30H34N4O2. The fraction of sp³-hybridized carbons (Fsp3) is 0.300. The first kappa shape index (κ1) is 23.9. The van der Waals surface area contributed by atoms with E-state index in [-0.39, 0.29) is 5.91 Å². The molecule has 0 aliphatic carbocycles. The van der Waals surface area contributed by atoms with E-state index in [1.807, 2.05) is 54.6 Å². The van der Waals surface area contributed by atoms with Gasteiger partial charge in [0.15, 0.2) is 0 Å². The van der Waals surface area contributed by atoms with E-state index in [2.05, 4.69) is 44.5 Å². The van der Waals surface area contributed by atoms with Crippen LogP contribution in [0.15, 0.2) is 79.0 Å². The number of ether oxygens (including phenoxy) is 1. The van der Waals surface area contributed by atoms with Gasteiger partial charge < -0.3 is 19.9 Å². The minimum atomic E-state index is -0.0841. The standard InChI is InChI=1S/C30H34N4O2/c1-36-27-13-11-26(12-14-27)34-19-17-33(18-20-34)16-6-5-9-24-22-31-29-15-10-25(21-28(24)29)32-30(35)23-7-3-2-4-8-23/h2-4,7-8,10-15,21-22,31H,5-6,9,16-20H2,1H3,(H,32,35). The number of piperazine rings is 1. The van der Waals surface area contributed by atoms with Crippen LogP contribution >= 0.6 is 0 Å². The maximum atomic E-state index is 12.5. The molecule has 0 radical (unpaired) electrons. The number of methoxy groups -OCH3 is 1. The van der Waals surface area contributed by atoms with Gasteiger partial charge in [0.2, 0.25) is 0 Å². The predicted octanol–water partition coefficient (Wildman–Crippen LogP) is 5.57. The highest BCUT2D eigenvalue weighted by atomic mass is 16.5. The maximum Gasteiger partial charge on any atom is 0.255 e. The number of hydrogen-bond acceptors (Lipinski definition) is 4. The summed E-state index contributed by atoms with van der Waals surface area (Å²) in [4.78, 5) is 20.9. The number of aryl methyl sites for hydroxylation is 1. The van der Waals surface area contributed by atoms with Crippen molar-refractivity contribution >= 4 is 28.2 Å². The van der Waals surface area contributed by atoms with Crippen molar-refractivity contribution in [2.75, 3.05) is 50.1 Å². The summed E-state index contributed by atoms with van der Waals surface area (Å²) in [7, 11) is 1.70. The highest BCUT2D eigenvalue weighted by Crippen LogP contribution is 2.25. The molecule has 1 saturated heterocycles. The van der Waals surface area contributed by atoms with Crippen LogP contribution in [0.5, 0.6) is 5.75 Å². The number of anilines is 2. The summed E-state index contributed by atoms with van der Waals surface area (Å²) in [6.45, 7) is 5.46. The Morgan fingerprint density at radius 3 is 2.47 bits per heavy atom. The third-order valence-corrected chi connectivity index (χ3v) is 7.04. The number of fused-ring (bicyclic) bond motifs is 1. The SMILES string of the molecule is COc1ccc(N2CCN(CCCCc3c[nH]c4ccc(NC(=O)c5ccccc5)cc34)CC2)cc1. The van der Waals surface area contributed by atoms with Crippen LogP contribution in [0.2, 0.25) is 0 Å². The second kappa shape index (κ2) is 11.3. The molecule has 6 heteroatoms. The van der Waals surface area contributed by atoms with Gasteiger partial charge in [-0.2, -0.15) is 0 Å². The first-order chi connectivity index (χ1) is 17.7. The molecule has 6 nitrogen and oxygen atoms in total. The number of amides is 1. The van der Waals surface area contributed by atoms with Gasteiger partial charge in [0.25, 0.3) is 5.91 Å². The Morgan fingerprint density at radius 1 is 0.944 bits per heavy atom. The Morgan fingerprint density at radius 2 is 1.72 bits per heavy atom. The zero-order chi connectivity index (χ0) is 24.7. The number of nitrogens with zero attached hydrogens (tertiary/aromatic N) is 2. The molecule has 1 aliphatic heterocycles. The number of benzene rings is 3. The molecule has 4 aromatic rings. The molecule has 0 unspecified atom stereocenters. The van der Waals surface area contributed by atoms with Crippen LogP contribution in [0.4, 0.5) is 11.4 Å². The number of rotatable bonds is 9. The lowest BCUT2D eigenvalue weighted by Crippen LogP contribution is -2.46. The first-order valence-corrected chi connectivity index (χ1v) is 12.8. The van der Waals surface area contributed by atoms with Gasteiger partial charge in [-0.3, -0.25) is 9.69 Å². The average molecular weight is 483 g/mol. The Hall–Kier alpha value is -3.77. The largest absolute Gasteiger partial charge is 0.497 e. The highest BCUT2D eigenvalue weighted by Gasteiger charge is 2.17. The fourth-order valence-corrected chi connectivity index (χ4v) is 4.93. The molecule has 1 aliphatic rings. The fourth-order valence-electron chi connectivity index (χ4n) is 4.93. The van der Waals surface area contributed by atoms with Gasteiger partial charge in [-0.25, -0.2) is 0 Å². The second-order valence-electron chi connectivity index (χ2n) is 9.38. The molecule has 1 fully saturated rings. The van der Waals surface area contributed by atoms with Crippen molar-refractivity contribution in [2.24, 2.45) is 0 Å². The Balaban J connectivity index is 1.09. The molecule has 2 heterocycles. The van der Waals surface area contributed by atoms with E-state index in [0.29, 0.717) is 5.56 Å². The van der Waals surface area contributed by atoms with E-state index in [0.717, 1.165) is 62.5 Å². The van der Waals surface area contributed by atoms with Gasteiger partial charge in [-0.05, 0) is 86.0 Å². The summed E-state index contributed by atoms with van der Waals surface area (Å²) in [6, 6.07) is 23.8. The normalized spacial score (nSPS) is 14.2. The summed E-state index contributed by atoms with van der Waals surface area (Å²) in [5.41, 5.74) is 5.18. The van der Waals surface area contributed by atoms with Crippen molar-refractivity contribution in [1.82, 2.24) is 9.88 Å². The van der Waals surface area contributed by atoms with Crippen molar-refractivity contribution < 1.29 is 9.53 Å². The Labute approximate surface area is 212 Å². The van der Waals surface area contributed by atoms with Gasteiger partial charge in [0, 0.05) is 60.2 Å². The highest BCUT2D eigenvalue weighted by molar-refractivity contribution is 6.05. The van der Waals surface area contributed by atoms with Crippen molar-refractivity contribution in [3.63, 3.8) is 0 Å². The number of aromatic amines is 1. The number of H-pyrrole nitrogens is 1.